The molecule has 0 amide bonds. The number of fused-ring (bicyclic) bond motifs is 1. The summed E-state index contributed by atoms with van der Waals surface area (Å²) in [4.78, 5) is 26.0. The van der Waals surface area contributed by atoms with Gasteiger partial charge in [-0.25, -0.2) is 0 Å². The molecular weight excluding hydrogens is 340 g/mol. The zero-order valence-corrected chi connectivity index (χ0v) is 16.4. The maximum atomic E-state index is 13.3. The molecule has 0 aliphatic heterocycles. The Morgan fingerprint density at radius 1 is 1.15 bits per heavy atom. The minimum Gasteiger partial charge on any atom is -0.491 e. The standard InChI is InChI=1S/C22H26N2O3/c1-5-12-27-21-15(3)23(4)18-13-17(6-2)24(22(26)20(18)21)14-19(25)16-10-8-7-9-11-16/h7-11,13H,5-6,12,14H2,1-4H3. The largest absolute Gasteiger partial charge is 0.491 e. The molecule has 27 heavy (non-hydrogen) atoms. The molecule has 0 saturated heterocycles. The van der Waals surface area contributed by atoms with E-state index in [1.807, 2.05) is 56.7 Å². The molecule has 0 spiro atoms. The number of rotatable bonds is 7. The molecule has 0 unspecified atom stereocenters. The van der Waals surface area contributed by atoms with Crippen LogP contribution >= 0.6 is 0 Å². The van der Waals surface area contributed by atoms with E-state index in [0.717, 1.165) is 23.3 Å². The zero-order chi connectivity index (χ0) is 19.6. The molecule has 0 bridgehead atoms. The molecule has 5 heteroatoms. The number of aryl methyl sites for hydroxylation is 2. The van der Waals surface area contributed by atoms with Gasteiger partial charge in [0.05, 0.1) is 24.4 Å². The van der Waals surface area contributed by atoms with Crippen LogP contribution in [-0.4, -0.2) is 21.5 Å². The second-order valence-electron chi connectivity index (χ2n) is 6.75. The molecule has 0 N–H and O–H groups in total. The summed E-state index contributed by atoms with van der Waals surface area (Å²) < 4.78 is 9.48. The number of ketones is 1. The van der Waals surface area contributed by atoms with Crippen molar-refractivity contribution in [1.82, 2.24) is 9.13 Å². The van der Waals surface area contributed by atoms with Gasteiger partial charge in [-0.3, -0.25) is 9.59 Å². The summed E-state index contributed by atoms with van der Waals surface area (Å²) in [5.41, 5.74) is 3.06. The molecule has 5 nitrogen and oxygen atoms in total. The molecule has 0 aliphatic carbocycles. The lowest BCUT2D eigenvalue weighted by molar-refractivity contribution is 0.0970. The molecule has 0 saturated carbocycles. The Bertz CT molecular complexity index is 1030. The average Bonchev–Trinajstić information content (AvgIpc) is 2.93. The van der Waals surface area contributed by atoms with Gasteiger partial charge in [0, 0.05) is 18.3 Å². The number of pyridine rings is 1. The van der Waals surface area contributed by atoms with Crippen LogP contribution in [0.5, 0.6) is 5.75 Å². The van der Waals surface area contributed by atoms with Crippen LogP contribution in [0.4, 0.5) is 0 Å². The molecule has 0 aliphatic rings. The second-order valence-corrected chi connectivity index (χ2v) is 6.75. The smallest absolute Gasteiger partial charge is 0.264 e. The Balaban J connectivity index is 2.16. The number of hydrogen-bond donors (Lipinski definition) is 0. The van der Waals surface area contributed by atoms with Gasteiger partial charge in [0.2, 0.25) is 0 Å². The highest BCUT2D eigenvalue weighted by atomic mass is 16.5. The van der Waals surface area contributed by atoms with Crippen LogP contribution in [0.3, 0.4) is 0 Å². The normalized spacial score (nSPS) is 11.1. The first-order valence-electron chi connectivity index (χ1n) is 9.42. The molecule has 0 atom stereocenters. The van der Waals surface area contributed by atoms with Crippen LogP contribution in [0.15, 0.2) is 41.2 Å². The van der Waals surface area contributed by atoms with Crippen LogP contribution in [0.1, 0.15) is 42.0 Å². The van der Waals surface area contributed by atoms with Crippen LogP contribution in [-0.2, 0) is 20.0 Å². The van der Waals surface area contributed by atoms with Gasteiger partial charge in [0.1, 0.15) is 5.39 Å². The second kappa shape index (κ2) is 7.82. The third kappa shape index (κ3) is 3.42. The van der Waals surface area contributed by atoms with Gasteiger partial charge in [-0.1, -0.05) is 44.2 Å². The maximum Gasteiger partial charge on any atom is 0.264 e. The van der Waals surface area contributed by atoms with Gasteiger partial charge < -0.3 is 13.9 Å². The summed E-state index contributed by atoms with van der Waals surface area (Å²) in [5.74, 6) is 0.554. The fourth-order valence-corrected chi connectivity index (χ4v) is 3.38. The van der Waals surface area contributed by atoms with Crippen molar-refractivity contribution in [1.29, 1.82) is 0 Å². The number of carbonyl (C=O) groups excluding carboxylic acids is 1. The summed E-state index contributed by atoms with van der Waals surface area (Å²) in [6.07, 6.45) is 1.53. The third-order valence-corrected chi connectivity index (χ3v) is 5.00. The van der Waals surface area contributed by atoms with Crippen molar-refractivity contribution in [2.24, 2.45) is 7.05 Å². The monoisotopic (exact) mass is 366 g/mol. The van der Waals surface area contributed by atoms with E-state index in [1.165, 1.54) is 0 Å². The molecule has 0 fully saturated rings. The van der Waals surface area contributed by atoms with Crippen molar-refractivity contribution < 1.29 is 9.53 Å². The van der Waals surface area contributed by atoms with E-state index in [1.54, 1.807) is 16.7 Å². The van der Waals surface area contributed by atoms with E-state index in [9.17, 15) is 9.59 Å². The predicted molar refractivity (Wildman–Crippen MR) is 108 cm³/mol. The number of hydrogen-bond acceptors (Lipinski definition) is 3. The summed E-state index contributed by atoms with van der Waals surface area (Å²) >= 11 is 0. The van der Waals surface area contributed by atoms with Crippen LogP contribution in [0.2, 0.25) is 0 Å². The number of benzene rings is 1. The van der Waals surface area contributed by atoms with E-state index >= 15 is 0 Å². The summed E-state index contributed by atoms with van der Waals surface area (Å²) in [5, 5.41) is 0.557. The Kier molecular flexibility index (Phi) is 5.49. The van der Waals surface area contributed by atoms with Gasteiger partial charge in [0.15, 0.2) is 11.5 Å². The first-order chi connectivity index (χ1) is 13.0. The van der Waals surface area contributed by atoms with E-state index in [0.29, 0.717) is 29.7 Å². The summed E-state index contributed by atoms with van der Waals surface area (Å²) in [6.45, 7) is 6.57. The van der Waals surface area contributed by atoms with Crippen molar-refractivity contribution in [3.63, 3.8) is 0 Å². The summed E-state index contributed by atoms with van der Waals surface area (Å²) in [7, 11) is 1.94. The number of aromatic nitrogens is 2. The predicted octanol–water partition coefficient (Wildman–Crippen LogP) is 3.88. The Labute approximate surface area is 159 Å². The van der Waals surface area contributed by atoms with Crippen molar-refractivity contribution >= 4 is 16.7 Å². The number of ether oxygens (including phenoxy) is 1. The highest BCUT2D eigenvalue weighted by Crippen LogP contribution is 2.30. The molecular formula is C22H26N2O3. The average molecular weight is 366 g/mol. The lowest BCUT2D eigenvalue weighted by Crippen LogP contribution is -2.27. The quantitative estimate of drug-likeness (QED) is 0.596. The zero-order valence-electron chi connectivity index (χ0n) is 16.4. The fraction of sp³-hybridized carbons (Fsp3) is 0.364. The number of nitrogens with zero attached hydrogens (tertiary/aromatic N) is 2. The molecule has 2 heterocycles. The molecule has 0 radical (unpaired) electrons. The van der Waals surface area contributed by atoms with Gasteiger partial charge >= 0.3 is 0 Å². The lowest BCUT2D eigenvalue weighted by atomic mass is 10.1. The first kappa shape index (κ1) is 19.0. The first-order valence-corrected chi connectivity index (χ1v) is 9.42. The van der Waals surface area contributed by atoms with Crippen LogP contribution in [0.25, 0.3) is 10.9 Å². The fourth-order valence-electron chi connectivity index (χ4n) is 3.38. The third-order valence-electron chi connectivity index (χ3n) is 5.00. The molecule has 142 valence electrons. The maximum absolute atomic E-state index is 13.3. The Morgan fingerprint density at radius 2 is 1.85 bits per heavy atom. The molecule has 2 aromatic heterocycles. The number of Topliss-reactive ketones (excluding diaryl/α,β-unsaturated/α-hetero) is 1. The highest BCUT2D eigenvalue weighted by molar-refractivity contribution is 5.96. The van der Waals surface area contributed by atoms with Gasteiger partial charge in [-0.15, -0.1) is 0 Å². The summed E-state index contributed by atoms with van der Waals surface area (Å²) in [6, 6.07) is 11.1. The van der Waals surface area contributed by atoms with Gasteiger partial charge in [-0.05, 0) is 25.8 Å². The van der Waals surface area contributed by atoms with Crippen molar-refractivity contribution in [2.45, 2.75) is 40.2 Å². The molecule has 3 aromatic rings. The number of carbonyl (C=O) groups is 1. The SMILES string of the molecule is CCCOc1c(C)n(C)c2cc(CC)n(CC(=O)c3ccccc3)c(=O)c12. The van der Waals surface area contributed by atoms with Gasteiger partial charge in [0.25, 0.3) is 5.56 Å². The molecule has 1 aromatic carbocycles. The van der Waals surface area contributed by atoms with Crippen LogP contribution < -0.4 is 10.3 Å². The minimum absolute atomic E-state index is 0.0309. The lowest BCUT2D eigenvalue weighted by Gasteiger charge is -2.13. The Morgan fingerprint density at radius 3 is 2.48 bits per heavy atom. The van der Waals surface area contributed by atoms with Crippen molar-refractivity contribution in [2.75, 3.05) is 6.61 Å². The van der Waals surface area contributed by atoms with E-state index in [2.05, 4.69) is 0 Å². The van der Waals surface area contributed by atoms with Crippen LogP contribution in [0, 0.1) is 6.92 Å². The highest BCUT2D eigenvalue weighted by Gasteiger charge is 2.21. The van der Waals surface area contributed by atoms with E-state index < -0.39 is 0 Å². The minimum atomic E-state index is -0.163. The van der Waals surface area contributed by atoms with Crippen molar-refractivity contribution in [3.8, 4) is 5.75 Å². The van der Waals surface area contributed by atoms with Gasteiger partial charge in [-0.2, -0.15) is 0 Å². The van der Waals surface area contributed by atoms with E-state index in [4.69, 9.17) is 4.74 Å². The Hall–Kier alpha value is -2.82. The van der Waals surface area contributed by atoms with E-state index in [-0.39, 0.29) is 17.9 Å². The molecule has 3 rings (SSSR count). The van der Waals surface area contributed by atoms with Crippen molar-refractivity contribution in [3.05, 3.63) is 63.7 Å². The topological polar surface area (TPSA) is 53.2 Å².